The summed E-state index contributed by atoms with van der Waals surface area (Å²) in [6.45, 7) is 1.72. The monoisotopic (exact) mass is 478 g/mol. The highest BCUT2D eigenvalue weighted by Gasteiger charge is 2.25. The summed E-state index contributed by atoms with van der Waals surface area (Å²) in [5, 5.41) is 2.25. The van der Waals surface area contributed by atoms with Crippen LogP contribution in [0.1, 0.15) is 30.6 Å². The minimum atomic E-state index is -3.47. The topological polar surface area (TPSA) is 81.8 Å². The van der Waals surface area contributed by atoms with E-state index in [2.05, 4.69) is 0 Å². The second-order valence-corrected chi connectivity index (χ2v) is 10.5. The highest BCUT2D eigenvalue weighted by molar-refractivity contribution is 7.89. The van der Waals surface area contributed by atoms with Crippen LogP contribution in [0, 0.1) is 0 Å². The number of piperidine rings is 1. The summed E-state index contributed by atoms with van der Waals surface area (Å²) in [6, 6.07) is 16.1. The van der Waals surface area contributed by atoms with Crippen LogP contribution in [0.25, 0.3) is 10.8 Å². The predicted molar refractivity (Wildman–Crippen MR) is 129 cm³/mol. The van der Waals surface area contributed by atoms with Gasteiger partial charge in [-0.1, -0.05) is 42.8 Å². The molecule has 0 N–H and O–H groups in total. The van der Waals surface area contributed by atoms with Gasteiger partial charge in [-0.3, -0.25) is 4.79 Å². The Morgan fingerprint density at radius 3 is 2.24 bits per heavy atom. The Morgan fingerprint density at radius 1 is 0.912 bits per heavy atom. The maximum atomic E-state index is 12.8. The van der Waals surface area contributed by atoms with Crippen molar-refractivity contribution in [2.24, 2.45) is 0 Å². The van der Waals surface area contributed by atoms with E-state index < -0.39 is 10.0 Å². The summed E-state index contributed by atoms with van der Waals surface area (Å²) in [5.74, 6) is 0.649. The van der Waals surface area contributed by atoms with Crippen molar-refractivity contribution in [3.8, 4) is 5.75 Å². The predicted octanol–water partition coefficient (Wildman–Crippen LogP) is 4.40. The zero-order chi connectivity index (χ0) is 23.5. The normalized spacial score (nSPS) is 14.9. The van der Waals surface area contributed by atoms with Crippen molar-refractivity contribution in [1.82, 2.24) is 8.87 Å². The molecule has 8 heteroatoms. The fraction of sp³-hybridized carbons (Fsp3) is 0.269. The van der Waals surface area contributed by atoms with Gasteiger partial charge in [-0.2, -0.15) is 4.31 Å². The Morgan fingerprint density at radius 2 is 1.59 bits per heavy atom. The number of benzene rings is 2. The van der Waals surface area contributed by atoms with Crippen LogP contribution in [0.2, 0.25) is 0 Å². The maximum absolute atomic E-state index is 12.8. The molecule has 1 saturated heterocycles. The Labute approximate surface area is 198 Å². The largest absolute Gasteiger partial charge is 0.482 e. The van der Waals surface area contributed by atoms with Gasteiger partial charge in [-0.25, -0.2) is 8.42 Å². The SMILES string of the molecule is O=c1cc(Cn2cc3ccccc3c2)occ1OCc1ccc(S(=O)(=O)N2CCCCC2)cc1. The summed E-state index contributed by atoms with van der Waals surface area (Å²) in [5.41, 5.74) is 0.502. The second kappa shape index (κ2) is 9.48. The van der Waals surface area contributed by atoms with Crippen molar-refractivity contribution in [2.45, 2.75) is 37.3 Å². The Bertz CT molecular complexity index is 1420. The first-order chi connectivity index (χ1) is 16.5. The van der Waals surface area contributed by atoms with Gasteiger partial charge in [0.1, 0.15) is 18.6 Å². The van der Waals surface area contributed by atoms with Crippen LogP contribution in [0.4, 0.5) is 0 Å². The van der Waals surface area contributed by atoms with Crippen molar-refractivity contribution < 1.29 is 17.6 Å². The van der Waals surface area contributed by atoms with Gasteiger partial charge in [0.15, 0.2) is 0 Å². The van der Waals surface area contributed by atoms with Crippen LogP contribution in [0.5, 0.6) is 5.75 Å². The summed E-state index contributed by atoms with van der Waals surface area (Å²) in [6.07, 6.45) is 8.21. The van der Waals surface area contributed by atoms with E-state index in [4.69, 9.17) is 9.15 Å². The number of nitrogens with zero attached hydrogens (tertiary/aromatic N) is 2. The molecule has 0 radical (unpaired) electrons. The minimum absolute atomic E-state index is 0.117. The highest BCUT2D eigenvalue weighted by Crippen LogP contribution is 2.21. The van der Waals surface area contributed by atoms with Crippen molar-refractivity contribution in [2.75, 3.05) is 13.1 Å². The molecular formula is C26H26N2O5S. The van der Waals surface area contributed by atoms with E-state index in [0.717, 1.165) is 35.6 Å². The third-order valence-corrected chi connectivity index (χ3v) is 7.98. The summed E-state index contributed by atoms with van der Waals surface area (Å²) < 4.78 is 40.3. The minimum Gasteiger partial charge on any atom is -0.482 e. The summed E-state index contributed by atoms with van der Waals surface area (Å²) in [4.78, 5) is 12.8. The quantitative estimate of drug-likeness (QED) is 0.393. The molecule has 0 saturated carbocycles. The standard InChI is InChI=1S/C26H26N2O5S/c29-25-14-23(17-27-15-21-6-2-3-7-22(21)16-27)32-19-26(25)33-18-20-8-10-24(11-9-20)34(30,31)28-12-4-1-5-13-28/h2-3,6-11,14-16,19H,1,4-5,12-13,17-18H2. The van der Waals surface area contributed by atoms with E-state index >= 15 is 0 Å². The molecule has 0 atom stereocenters. The van der Waals surface area contributed by atoms with Gasteiger partial charge in [-0.15, -0.1) is 0 Å². The molecule has 1 fully saturated rings. The molecule has 2 aromatic heterocycles. The summed E-state index contributed by atoms with van der Waals surface area (Å²) >= 11 is 0. The summed E-state index contributed by atoms with van der Waals surface area (Å²) in [7, 11) is -3.47. The van der Waals surface area contributed by atoms with E-state index in [1.165, 1.54) is 12.3 Å². The first kappa shape index (κ1) is 22.4. The lowest BCUT2D eigenvalue weighted by atomic mass is 10.2. The molecule has 1 aliphatic heterocycles. The van der Waals surface area contributed by atoms with Gasteiger partial charge < -0.3 is 13.7 Å². The van der Waals surface area contributed by atoms with Crippen molar-refractivity contribution in [3.05, 3.63) is 94.8 Å². The molecule has 0 aliphatic carbocycles. The van der Waals surface area contributed by atoms with Gasteiger partial charge in [0.25, 0.3) is 0 Å². The van der Waals surface area contributed by atoms with Gasteiger partial charge in [0.2, 0.25) is 21.2 Å². The molecule has 0 spiro atoms. The molecule has 0 bridgehead atoms. The van der Waals surface area contributed by atoms with Gasteiger partial charge >= 0.3 is 0 Å². The Kier molecular flexibility index (Phi) is 6.26. The Balaban J connectivity index is 1.22. The molecule has 3 heterocycles. The smallest absolute Gasteiger partial charge is 0.243 e. The lowest BCUT2D eigenvalue weighted by molar-refractivity contribution is 0.289. The fourth-order valence-corrected chi connectivity index (χ4v) is 5.73. The van der Waals surface area contributed by atoms with E-state index in [9.17, 15) is 13.2 Å². The van der Waals surface area contributed by atoms with Crippen LogP contribution < -0.4 is 10.2 Å². The number of aromatic nitrogens is 1. The zero-order valence-electron chi connectivity index (χ0n) is 18.7. The van der Waals surface area contributed by atoms with Crippen LogP contribution in [0.15, 0.2) is 87.4 Å². The molecule has 1 aliphatic rings. The van der Waals surface area contributed by atoms with E-state index in [-0.39, 0.29) is 22.7 Å². The van der Waals surface area contributed by atoms with Gasteiger partial charge in [-0.05, 0) is 41.3 Å². The van der Waals surface area contributed by atoms with E-state index in [1.807, 2.05) is 41.2 Å². The fourth-order valence-electron chi connectivity index (χ4n) is 4.21. The number of rotatable bonds is 7. The Hall–Kier alpha value is -3.36. The van der Waals surface area contributed by atoms with Gasteiger partial charge in [0, 0.05) is 31.5 Å². The van der Waals surface area contributed by atoms with E-state index in [0.29, 0.717) is 25.4 Å². The molecule has 0 unspecified atom stereocenters. The molecule has 5 rings (SSSR count). The third kappa shape index (κ3) is 4.78. The lowest BCUT2D eigenvalue weighted by Gasteiger charge is -2.25. The average Bonchev–Trinajstić information content (AvgIpc) is 3.27. The van der Waals surface area contributed by atoms with Crippen LogP contribution in [0.3, 0.4) is 0 Å². The second-order valence-electron chi connectivity index (χ2n) is 8.53. The number of hydrogen-bond donors (Lipinski definition) is 0. The number of hydrogen-bond acceptors (Lipinski definition) is 5. The molecule has 7 nitrogen and oxygen atoms in total. The number of fused-ring (bicyclic) bond motifs is 1. The number of ether oxygens (including phenoxy) is 1. The molecule has 176 valence electrons. The van der Waals surface area contributed by atoms with Crippen molar-refractivity contribution in [3.63, 3.8) is 0 Å². The van der Waals surface area contributed by atoms with Crippen LogP contribution in [-0.4, -0.2) is 30.4 Å². The van der Waals surface area contributed by atoms with Crippen LogP contribution >= 0.6 is 0 Å². The third-order valence-electron chi connectivity index (χ3n) is 6.07. The molecule has 2 aromatic carbocycles. The number of sulfonamides is 1. The van der Waals surface area contributed by atoms with E-state index in [1.54, 1.807) is 28.6 Å². The molecule has 34 heavy (non-hydrogen) atoms. The van der Waals surface area contributed by atoms with Crippen molar-refractivity contribution >= 4 is 20.8 Å². The molecule has 4 aromatic rings. The van der Waals surface area contributed by atoms with Crippen molar-refractivity contribution in [1.29, 1.82) is 0 Å². The first-order valence-corrected chi connectivity index (χ1v) is 12.8. The zero-order valence-corrected chi connectivity index (χ0v) is 19.5. The highest BCUT2D eigenvalue weighted by atomic mass is 32.2. The van der Waals surface area contributed by atoms with Gasteiger partial charge in [0.05, 0.1) is 11.4 Å². The van der Waals surface area contributed by atoms with Crippen LogP contribution in [-0.2, 0) is 23.2 Å². The average molecular weight is 479 g/mol. The first-order valence-electron chi connectivity index (χ1n) is 11.4. The maximum Gasteiger partial charge on any atom is 0.243 e. The molecular weight excluding hydrogens is 452 g/mol. The molecule has 0 amide bonds. The lowest BCUT2D eigenvalue weighted by Crippen LogP contribution is -2.35.